The maximum atomic E-state index is 12.1. The minimum atomic E-state index is -0.278. The average molecular weight is 385 g/mol. The van der Waals surface area contributed by atoms with Gasteiger partial charge in [0.2, 0.25) is 0 Å². The molecule has 6 nitrogen and oxygen atoms in total. The average Bonchev–Trinajstić information content (AvgIpc) is 3.29. The largest absolute Gasteiger partial charge is 0.334 e. The highest BCUT2D eigenvalue weighted by molar-refractivity contribution is 7.07. The molecule has 0 unspecified atom stereocenters. The molecule has 2 amide bonds. The van der Waals surface area contributed by atoms with E-state index in [2.05, 4.69) is 25.6 Å². The number of imidazole rings is 1. The van der Waals surface area contributed by atoms with Gasteiger partial charge >= 0.3 is 11.9 Å². The van der Waals surface area contributed by atoms with Crippen molar-refractivity contribution in [1.82, 2.24) is 15.3 Å². The summed E-state index contributed by atoms with van der Waals surface area (Å²) in [6, 6.07) is 12.7. The SMILES string of the molecule is O=C(NCc1cccc(Cl)c1)Nc1ccc2[nH+]c(-c3cscn3)[nH]c2c1. The molecular formula is C18H15ClN5OS+. The van der Waals surface area contributed by atoms with E-state index in [1.165, 1.54) is 11.3 Å². The van der Waals surface area contributed by atoms with E-state index >= 15 is 0 Å². The number of rotatable bonds is 4. The highest BCUT2D eigenvalue weighted by atomic mass is 35.5. The number of fused-ring (bicyclic) bond motifs is 1. The molecule has 8 heteroatoms. The first-order chi connectivity index (χ1) is 12.7. The number of amides is 2. The van der Waals surface area contributed by atoms with E-state index in [1.54, 1.807) is 11.6 Å². The van der Waals surface area contributed by atoms with Crippen LogP contribution >= 0.6 is 22.9 Å². The predicted octanol–water partition coefficient (Wildman–Crippen LogP) is 4.08. The Kier molecular flexibility index (Phi) is 4.55. The fourth-order valence-electron chi connectivity index (χ4n) is 2.60. The number of hydrogen-bond donors (Lipinski definition) is 3. The summed E-state index contributed by atoms with van der Waals surface area (Å²) in [6.07, 6.45) is 0. The van der Waals surface area contributed by atoms with Crippen molar-refractivity contribution in [2.75, 3.05) is 5.32 Å². The Hall–Kier alpha value is -2.90. The van der Waals surface area contributed by atoms with Crippen LogP contribution in [0, 0.1) is 0 Å². The normalized spacial score (nSPS) is 10.8. The molecule has 2 aromatic heterocycles. The van der Waals surface area contributed by atoms with Crippen molar-refractivity contribution >= 4 is 45.7 Å². The van der Waals surface area contributed by atoms with Gasteiger partial charge in [0, 0.05) is 28.7 Å². The number of benzene rings is 2. The molecule has 4 rings (SSSR count). The van der Waals surface area contributed by atoms with E-state index < -0.39 is 0 Å². The monoisotopic (exact) mass is 384 g/mol. The summed E-state index contributed by atoms with van der Waals surface area (Å²) in [5.74, 6) is 0.837. The van der Waals surface area contributed by atoms with Gasteiger partial charge in [-0.2, -0.15) is 0 Å². The summed E-state index contributed by atoms with van der Waals surface area (Å²) in [4.78, 5) is 23.0. The quantitative estimate of drug-likeness (QED) is 0.495. The van der Waals surface area contributed by atoms with Gasteiger partial charge in [0.1, 0.15) is 0 Å². The van der Waals surface area contributed by atoms with Crippen LogP contribution in [-0.2, 0) is 6.54 Å². The third kappa shape index (κ3) is 3.68. The molecule has 0 radical (unpaired) electrons. The van der Waals surface area contributed by atoms with Crippen molar-refractivity contribution in [3.05, 3.63) is 63.9 Å². The van der Waals surface area contributed by atoms with Crippen molar-refractivity contribution in [2.45, 2.75) is 6.54 Å². The number of anilines is 1. The second-order valence-electron chi connectivity index (χ2n) is 5.70. The van der Waals surface area contributed by atoms with E-state index in [0.29, 0.717) is 17.3 Å². The van der Waals surface area contributed by atoms with Gasteiger partial charge in [-0.25, -0.2) is 19.7 Å². The Morgan fingerprint density at radius 1 is 1.27 bits per heavy atom. The smallest absolute Gasteiger partial charge is 0.319 e. The topological polar surface area (TPSA) is 83.9 Å². The van der Waals surface area contributed by atoms with Gasteiger partial charge in [-0.1, -0.05) is 23.7 Å². The van der Waals surface area contributed by atoms with E-state index in [4.69, 9.17) is 11.6 Å². The molecule has 2 heterocycles. The number of nitrogens with zero attached hydrogens (tertiary/aromatic N) is 1. The Balaban J connectivity index is 1.44. The molecule has 0 aliphatic rings. The summed E-state index contributed by atoms with van der Waals surface area (Å²) in [7, 11) is 0. The number of hydrogen-bond acceptors (Lipinski definition) is 3. The predicted molar refractivity (Wildman–Crippen MR) is 103 cm³/mol. The van der Waals surface area contributed by atoms with Crippen LogP contribution in [0.1, 0.15) is 5.56 Å². The minimum absolute atomic E-state index is 0.278. The molecule has 130 valence electrons. The zero-order chi connectivity index (χ0) is 17.9. The summed E-state index contributed by atoms with van der Waals surface area (Å²) in [5.41, 5.74) is 6.11. The number of nitrogens with one attached hydrogen (secondary N) is 4. The molecular weight excluding hydrogens is 370 g/mol. The fraction of sp³-hybridized carbons (Fsp3) is 0.0556. The zero-order valence-corrected chi connectivity index (χ0v) is 15.1. The fourth-order valence-corrected chi connectivity index (χ4v) is 3.36. The third-order valence-electron chi connectivity index (χ3n) is 3.83. The van der Waals surface area contributed by atoms with Crippen LogP contribution < -0.4 is 15.6 Å². The summed E-state index contributed by atoms with van der Waals surface area (Å²) in [5, 5.41) is 8.26. The summed E-state index contributed by atoms with van der Waals surface area (Å²) >= 11 is 7.48. The lowest BCUT2D eigenvalue weighted by Gasteiger charge is -2.07. The van der Waals surface area contributed by atoms with Crippen molar-refractivity contribution in [1.29, 1.82) is 0 Å². The minimum Gasteiger partial charge on any atom is -0.334 e. The van der Waals surface area contributed by atoms with Crippen LogP contribution in [0.15, 0.2) is 53.4 Å². The molecule has 0 saturated carbocycles. The highest BCUT2D eigenvalue weighted by Crippen LogP contribution is 2.19. The lowest BCUT2D eigenvalue weighted by Crippen LogP contribution is -2.28. The van der Waals surface area contributed by atoms with E-state index in [9.17, 15) is 4.79 Å². The lowest BCUT2D eigenvalue weighted by atomic mass is 10.2. The number of halogens is 1. The van der Waals surface area contributed by atoms with Crippen molar-refractivity contribution in [3.8, 4) is 11.5 Å². The number of aromatic amines is 2. The maximum Gasteiger partial charge on any atom is 0.319 e. The van der Waals surface area contributed by atoms with Gasteiger partial charge in [-0.3, -0.25) is 0 Å². The number of carbonyl (C=O) groups is 1. The van der Waals surface area contributed by atoms with Crippen LogP contribution in [0.25, 0.3) is 22.6 Å². The van der Waals surface area contributed by atoms with E-state index in [0.717, 1.165) is 28.1 Å². The zero-order valence-electron chi connectivity index (χ0n) is 13.5. The first-order valence-corrected chi connectivity index (χ1v) is 9.22. The number of H-pyrrole nitrogens is 2. The maximum absolute atomic E-state index is 12.1. The second-order valence-corrected chi connectivity index (χ2v) is 6.85. The standard InChI is InChI=1S/C18H14ClN5OS/c19-12-3-1-2-11(6-12)8-20-18(25)22-13-4-5-14-15(7-13)24-17(23-14)16-9-26-10-21-16/h1-7,9-10H,8H2,(H,23,24)(H2,20,22,25)/p+1. The summed E-state index contributed by atoms with van der Waals surface area (Å²) < 4.78 is 0. The number of urea groups is 1. The molecule has 0 atom stereocenters. The summed E-state index contributed by atoms with van der Waals surface area (Å²) in [6.45, 7) is 0.402. The lowest BCUT2D eigenvalue weighted by molar-refractivity contribution is -0.330. The molecule has 0 spiro atoms. The van der Waals surface area contributed by atoms with Gasteiger partial charge < -0.3 is 10.6 Å². The molecule has 4 N–H and O–H groups in total. The molecule has 0 aliphatic heterocycles. The van der Waals surface area contributed by atoms with Gasteiger partial charge in [0.05, 0.1) is 5.51 Å². The third-order valence-corrected chi connectivity index (χ3v) is 4.65. The van der Waals surface area contributed by atoms with Crippen LogP contribution in [0.5, 0.6) is 0 Å². The first-order valence-electron chi connectivity index (χ1n) is 7.90. The Labute approximate surface area is 158 Å². The number of thiazole rings is 1. The first kappa shape index (κ1) is 16.6. The molecule has 0 aliphatic carbocycles. The number of aromatic nitrogens is 3. The van der Waals surface area contributed by atoms with Crippen LogP contribution in [-0.4, -0.2) is 16.0 Å². The Morgan fingerprint density at radius 3 is 3.00 bits per heavy atom. The molecule has 2 aromatic carbocycles. The van der Waals surface area contributed by atoms with Crippen molar-refractivity contribution < 1.29 is 9.78 Å². The van der Waals surface area contributed by atoms with Gasteiger partial charge in [-0.05, 0) is 29.8 Å². The van der Waals surface area contributed by atoms with Crippen LogP contribution in [0.3, 0.4) is 0 Å². The van der Waals surface area contributed by atoms with Gasteiger partial charge in [0.15, 0.2) is 16.7 Å². The molecule has 0 fully saturated rings. The van der Waals surface area contributed by atoms with Gasteiger partial charge in [0.25, 0.3) is 0 Å². The second kappa shape index (κ2) is 7.15. The van der Waals surface area contributed by atoms with E-state index in [-0.39, 0.29) is 6.03 Å². The van der Waals surface area contributed by atoms with Gasteiger partial charge in [-0.15, -0.1) is 11.3 Å². The Bertz CT molecular complexity index is 1060. The molecule has 0 bridgehead atoms. The van der Waals surface area contributed by atoms with Crippen LogP contribution in [0.2, 0.25) is 5.02 Å². The Morgan fingerprint density at radius 2 is 2.19 bits per heavy atom. The molecule has 0 saturated heterocycles. The van der Waals surface area contributed by atoms with E-state index in [1.807, 2.05) is 41.8 Å². The van der Waals surface area contributed by atoms with Crippen molar-refractivity contribution in [2.24, 2.45) is 0 Å². The molecule has 4 aromatic rings. The highest BCUT2D eigenvalue weighted by Gasteiger charge is 2.14. The van der Waals surface area contributed by atoms with Crippen molar-refractivity contribution in [3.63, 3.8) is 0 Å². The van der Waals surface area contributed by atoms with Crippen LogP contribution in [0.4, 0.5) is 10.5 Å². The number of carbonyl (C=O) groups excluding carboxylic acids is 1. The molecule has 26 heavy (non-hydrogen) atoms.